The molecule has 0 radical (unpaired) electrons. The Kier molecular flexibility index (Phi) is 6.94. The molecule has 0 N–H and O–H groups in total. The van der Waals surface area contributed by atoms with Crippen LogP contribution in [0.2, 0.25) is 0 Å². The predicted octanol–water partition coefficient (Wildman–Crippen LogP) is 4.19. The van der Waals surface area contributed by atoms with Crippen LogP contribution >= 0.6 is 31.9 Å². The maximum atomic E-state index is 13.4. The molecule has 25 heavy (non-hydrogen) atoms. The standard InChI is InChI=1S/C17H23Br2N3O2S/c1-12(2)6-7-22(15-8-13(3)21(10-15)11-20)25(23,24)17-9-14(18)4-5-16(17)19/h4-5,9,12-13,15H,6-8,10H2,1-3H3. The molecule has 0 amide bonds. The van der Waals surface area contributed by atoms with Crippen molar-refractivity contribution in [3.8, 4) is 6.19 Å². The first kappa shape index (κ1) is 20.7. The third kappa shape index (κ3) is 4.76. The van der Waals surface area contributed by atoms with E-state index in [1.165, 1.54) is 0 Å². The van der Waals surface area contributed by atoms with Crippen molar-refractivity contribution in [1.82, 2.24) is 9.21 Å². The van der Waals surface area contributed by atoms with E-state index in [1.54, 1.807) is 27.4 Å². The normalized spacial score (nSPS) is 21.1. The molecular formula is C17H23Br2N3O2S. The maximum absolute atomic E-state index is 13.4. The van der Waals surface area contributed by atoms with Crippen molar-refractivity contribution >= 4 is 41.9 Å². The molecule has 1 aromatic rings. The van der Waals surface area contributed by atoms with E-state index in [1.807, 2.05) is 6.92 Å². The lowest BCUT2D eigenvalue weighted by Gasteiger charge is -2.29. The summed E-state index contributed by atoms with van der Waals surface area (Å²) in [5.41, 5.74) is 0. The number of benzene rings is 1. The quantitative estimate of drug-likeness (QED) is 0.558. The Balaban J connectivity index is 2.41. The Bertz CT molecular complexity index is 762. The minimum Gasteiger partial charge on any atom is -0.306 e. The minimum atomic E-state index is -3.67. The number of nitriles is 1. The van der Waals surface area contributed by atoms with Gasteiger partial charge in [-0.15, -0.1) is 0 Å². The van der Waals surface area contributed by atoms with Crippen LogP contribution in [0.5, 0.6) is 0 Å². The van der Waals surface area contributed by atoms with Gasteiger partial charge in [0, 0.05) is 34.1 Å². The molecule has 0 aliphatic carbocycles. The van der Waals surface area contributed by atoms with Crippen LogP contribution in [0, 0.1) is 17.4 Å². The van der Waals surface area contributed by atoms with E-state index in [0.717, 1.165) is 10.9 Å². The van der Waals surface area contributed by atoms with Crippen molar-refractivity contribution in [3.63, 3.8) is 0 Å². The van der Waals surface area contributed by atoms with E-state index < -0.39 is 10.0 Å². The van der Waals surface area contributed by atoms with Gasteiger partial charge in [-0.1, -0.05) is 29.8 Å². The Labute approximate surface area is 167 Å². The Morgan fingerprint density at radius 1 is 1.40 bits per heavy atom. The average molecular weight is 493 g/mol. The molecule has 1 heterocycles. The van der Waals surface area contributed by atoms with Gasteiger partial charge in [-0.05, 0) is 59.8 Å². The highest BCUT2D eigenvalue weighted by molar-refractivity contribution is 9.11. The molecule has 5 nitrogen and oxygen atoms in total. The fraction of sp³-hybridized carbons (Fsp3) is 0.588. The highest BCUT2D eigenvalue weighted by Crippen LogP contribution is 2.32. The molecule has 1 aliphatic heterocycles. The summed E-state index contributed by atoms with van der Waals surface area (Å²) >= 11 is 6.73. The molecule has 2 rings (SSSR count). The Morgan fingerprint density at radius 2 is 2.08 bits per heavy atom. The molecule has 1 saturated heterocycles. The molecule has 0 spiro atoms. The molecule has 1 aliphatic rings. The van der Waals surface area contributed by atoms with Gasteiger partial charge in [0.2, 0.25) is 10.0 Å². The number of halogens is 2. The zero-order valence-corrected chi connectivity index (χ0v) is 18.6. The summed E-state index contributed by atoms with van der Waals surface area (Å²) in [5, 5.41) is 9.25. The molecule has 138 valence electrons. The second-order valence-corrected chi connectivity index (χ2v) is 10.5. The third-order valence-corrected chi connectivity index (χ3v) is 7.93. The fourth-order valence-electron chi connectivity index (χ4n) is 3.04. The van der Waals surface area contributed by atoms with E-state index in [-0.39, 0.29) is 17.0 Å². The molecule has 0 aromatic heterocycles. The largest absolute Gasteiger partial charge is 0.306 e. The Hall–Kier alpha value is -0.620. The predicted molar refractivity (Wildman–Crippen MR) is 105 cm³/mol. The van der Waals surface area contributed by atoms with Gasteiger partial charge in [0.1, 0.15) is 0 Å². The van der Waals surface area contributed by atoms with Gasteiger partial charge in [-0.25, -0.2) is 8.42 Å². The van der Waals surface area contributed by atoms with Crippen LogP contribution in [0.3, 0.4) is 0 Å². The van der Waals surface area contributed by atoms with Crippen LogP contribution in [0.4, 0.5) is 0 Å². The van der Waals surface area contributed by atoms with Crippen molar-refractivity contribution in [3.05, 3.63) is 27.1 Å². The monoisotopic (exact) mass is 491 g/mol. The van der Waals surface area contributed by atoms with Crippen molar-refractivity contribution in [2.75, 3.05) is 13.1 Å². The smallest absolute Gasteiger partial charge is 0.244 e. The number of likely N-dealkylation sites (tertiary alicyclic amines) is 1. The first-order valence-electron chi connectivity index (χ1n) is 8.30. The van der Waals surface area contributed by atoms with Crippen LogP contribution in [0.25, 0.3) is 0 Å². The lowest BCUT2D eigenvalue weighted by molar-refractivity contribution is 0.303. The first-order valence-corrected chi connectivity index (χ1v) is 11.3. The van der Waals surface area contributed by atoms with E-state index >= 15 is 0 Å². The van der Waals surface area contributed by atoms with Crippen LogP contribution in [-0.2, 0) is 10.0 Å². The zero-order valence-electron chi connectivity index (χ0n) is 14.6. The van der Waals surface area contributed by atoms with E-state index in [0.29, 0.717) is 29.9 Å². The summed E-state index contributed by atoms with van der Waals surface area (Å²) < 4.78 is 29.6. The molecule has 8 heteroatoms. The summed E-state index contributed by atoms with van der Waals surface area (Å²) in [6.45, 7) is 7.03. The summed E-state index contributed by atoms with van der Waals surface area (Å²) in [4.78, 5) is 1.92. The van der Waals surface area contributed by atoms with Gasteiger partial charge in [0.25, 0.3) is 0 Å². The number of hydrogen-bond donors (Lipinski definition) is 0. The highest BCUT2D eigenvalue weighted by Gasteiger charge is 2.39. The van der Waals surface area contributed by atoms with Gasteiger partial charge < -0.3 is 4.90 Å². The van der Waals surface area contributed by atoms with Crippen molar-refractivity contribution < 1.29 is 8.42 Å². The summed E-state index contributed by atoms with van der Waals surface area (Å²) in [5.74, 6) is 0.398. The molecule has 1 fully saturated rings. The maximum Gasteiger partial charge on any atom is 0.244 e. The second kappa shape index (κ2) is 8.38. The lowest BCUT2D eigenvalue weighted by Crippen LogP contribution is -2.42. The van der Waals surface area contributed by atoms with E-state index in [4.69, 9.17) is 0 Å². The average Bonchev–Trinajstić information content (AvgIpc) is 2.89. The van der Waals surface area contributed by atoms with Crippen molar-refractivity contribution in [2.24, 2.45) is 5.92 Å². The Morgan fingerprint density at radius 3 is 2.64 bits per heavy atom. The topological polar surface area (TPSA) is 64.4 Å². The highest BCUT2D eigenvalue weighted by atomic mass is 79.9. The van der Waals surface area contributed by atoms with Crippen molar-refractivity contribution in [1.29, 1.82) is 5.26 Å². The van der Waals surface area contributed by atoms with Gasteiger partial charge in [-0.2, -0.15) is 9.57 Å². The van der Waals surface area contributed by atoms with Crippen LogP contribution in [0.1, 0.15) is 33.6 Å². The number of nitrogens with zero attached hydrogens (tertiary/aromatic N) is 3. The van der Waals surface area contributed by atoms with Crippen LogP contribution in [-0.4, -0.2) is 42.8 Å². The van der Waals surface area contributed by atoms with Crippen LogP contribution < -0.4 is 0 Å². The van der Waals surface area contributed by atoms with Gasteiger partial charge in [-0.3, -0.25) is 0 Å². The SMILES string of the molecule is CC(C)CCN(C1CC(C)N(C#N)C1)S(=O)(=O)c1cc(Br)ccc1Br. The molecule has 0 bridgehead atoms. The van der Waals surface area contributed by atoms with E-state index in [2.05, 4.69) is 51.9 Å². The molecule has 0 saturated carbocycles. The molecule has 2 atom stereocenters. The molecular weight excluding hydrogens is 470 g/mol. The molecule has 1 aromatic carbocycles. The number of sulfonamides is 1. The van der Waals surface area contributed by atoms with Crippen LogP contribution in [0.15, 0.2) is 32.0 Å². The third-order valence-electron chi connectivity index (χ3n) is 4.50. The molecule has 2 unspecified atom stereocenters. The van der Waals surface area contributed by atoms with Gasteiger partial charge >= 0.3 is 0 Å². The first-order chi connectivity index (χ1) is 11.7. The number of hydrogen-bond acceptors (Lipinski definition) is 4. The summed E-state index contributed by atoms with van der Waals surface area (Å²) in [6.07, 6.45) is 3.61. The number of rotatable bonds is 6. The zero-order chi connectivity index (χ0) is 18.8. The fourth-order valence-corrected chi connectivity index (χ4v) is 6.14. The minimum absolute atomic E-state index is 0.0534. The summed E-state index contributed by atoms with van der Waals surface area (Å²) in [6, 6.07) is 5.02. The summed E-state index contributed by atoms with van der Waals surface area (Å²) in [7, 11) is -3.67. The van der Waals surface area contributed by atoms with Gasteiger partial charge in [0.05, 0.1) is 4.90 Å². The second-order valence-electron chi connectivity index (χ2n) is 6.86. The lowest BCUT2D eigenvalue weighted by atomic mass is 10.1. The van der Waals surface area contributed by atoms with E-state index in [9.17, 15) is 13.7 Å². The van der Waals surface area contributed by atoms with Gasteiger partial charge in [0.15, 0.2) is 6.19 Å². The van der Waals surface area contributed by atoms with Crippen molar-refractivity contribution in [2.45, 2.75) is 50.6 Å².